The van der Waals surface area contributed by atoms with E-state index in [1.54, 1.807) is 12.1 Å². The Labute approximate surface area is 162 Å². The van der Waals surface area contributed by atoms with E-state index in [4.69, 9.17) is 9.47 Å². The van der Waals surface area contributed by atoms with Crippen LogP contribution in [0.5, 0.6) is 5.75 Å². The van der Waals surface area contributed by atoms with Crippen molar-refractivity contribution in [3.8, 4) is 5.75 Å². The number of nitrogens with zero attached hydrogens (tertiary/aromatic N) is 1. The molecule has 0 bridgehead atoms. The molecular formula is C21H22FNO5. The zero-order chi connectivity index (χ0) is 20.1. The first kappa shape index (κ1) is 19.8. The van der Waals surface area contributed by atoms with Gasteiger partial charge in [0.15, 0.2) is 18.4 Å². The summed E-state index contributed by atoms with van der Waals surface area (Å²) < 4.78 is 30.3. The van der Waals surface area contributed by atoms with Crippen LogP contribution in [0.2, 0.25) is 0 Å². The zero-order valence-corrected chi connectivity index (χ0v) is 15.9. The number of halogens is 1. The largest absolute Gasteiger partial charge is 0.467 e. The number of hydrogen-bond acceptors (Lipinski definition) is 6. The van der Waals surface area contributed by atoms with Crippen LogP contribution < -0.4 is 9.64 Å². The number of benzene rings is 2. The van der Waals surface area contributed by atoms with Crippen molar-refractivity contribution in [3.05, 3.63) is 58.9 Å². The molecule has 0 spiro atoms. The second-order valence-corrected chi connectivity index (χ2v) is 6.41. The van der Waals surface area contributed by atoms with Crippen LogP contribution in [0.3, 0.4) is 0 Å². The van der Waals surface area contributed by atoms with Gasteiger partial charge in [0.2, 0.25) is 0 Å². The molecule has 0 unspecified atom stereocenters. The quantitative estimate of drug-likeness (QED) is 0.412. The van der Waals surface area contributed by atoms with Gasteiger partial charge in [0.1, 0.15) is 11.3 Å². The number of esters is 1. The summed E-state index contributed by atoms with van der Waals surface area (Å²) in [6, 6.07) is 9.09. The van der Waals surface area contributed by atoms with Crippen LogP contribution >= 0.6 is 0 Å². The van der Waals surface area contributed by atoms with Crippen LogP contribution in [-0.2, 0) is 9.47 Å². The first-order valence-electron chi connectivity index (χ1n) is 8.99. The van der Waals surface area contributed by atoms with Crippen LogP contribution in [0.1, 0.15) is 39.1 Å². The maximum absolute atomic E-state index is 15.4. The van der Waals surface area contributed by atoms with Crippen molar-refractivity contribution in [2.75, 3.05) is 39.0 Å². The van der Waals surface area contributed by atoms with Crippen molar-refractivity contribution >= 4 is 17.4 Å². The van der Waals surface area contributed by atoms with Crippen LogP contribution in [0.15, 0.2) is 36.4 Å². The molecule has 7 heteroatoms. The zero-order valence-electron chi connectivity index (χ0n) is 15.9. The molecule has 1 fully saturated rings. The first-order chi connectivity index (χ1) is 13.6. The highest BCUT2D eigenvalue weighted by molar-refractivity contribution is 6.11. The minimum Gasteiger partial charge on any atom is -0.467 e. The third kappa shape index (κ3) is 3.99. The van der Waals surface area contributed by atoms with Gasteiger partial charge in [0, 0.05) is 25.8 Å². The van der Waals surface area contributed by atoms with Gasteiger partial charge in [-0.1, -0.05) is 12.1 Å². The molecule has 0 N–H and O–H groups in total. The second kappa shape index (κ2) is 8.84. The summed E-state index contributed by atoms with van der Waals surface area (Å²) in [6.45, 7) is 1.39. The lowest BCUT2D eigenvalue weighted by atomic mass is 9.99. The smallest absolute Gasteiger partial charge is 0.337 e. The summed E-state index contributed by atoms with van der Waals surface area (Å²) in [4.78, 5) is 26.6. The third-order valence-electron chi connectivity index (χ3n) is 4.66. The Morgan fingerprint density at radius 2 is 1.64 bits per heavy atom. The molecule has 1 saturated heterocycles. The predicted molar refractivity (Wildman–Crippen MR) is 102 cm³/mol. The van der Waals surface area contributed by atoms with Crippen molar-refractivity contribution < 1.29 is 28.2 Å². The molecule has 0 saturated carbocycles. The van der Waals surface area contributed by atoms with E-state index < -0.39 is 17.6 Å². The highest BCUT2D eigenvalue weighted by Crippen LogP contribution is 2.33. The summed E-state index contributed by atoms with van der Waals surface area (Å²) in [5.74, 6) is -1.53. The van der Waals surface area contributed by atoms with Crippen molar-refractivity contribution in [2.45, 2.75) is 12.8 Å². The van der Waals surface area contributed by atoms with Gasteiger partial charge >= 0.3 is 5.97 Å². The summed E-state index contributed by atoms with van der Waals surface area (Å²) in [7, 11) is 2.72. The van der Waals surface area contributed by atoms with E-state index in [1.165, 1.54) is 38.5 Å². The van der Waals surface area contributed by atoms with Gasteiger partial charge in [-0.2, -0.15) is 0 Å². The van der Waals surface area contributed by atoms with Crippen molar-refractivity contribution in [2.24, 2.45) is 0 Å². The van der Waals surface area contributed by atoms with E-state index in [-0.39, 0.29) is 23.7 Å². The molecule has 0 atom stereocenters. The lowest BCUT2D eigenvalue weighted by Crippen LogP contribution is -2.21. The average molecular weight is 387 g/mol. The Morgan fingerprint density at radius 1 is 1.00 bits per heavy atom. The molecule has 2 aromatic rings. The Morgan fingerprint density at radius 3 is 2.25 bits per heavy atom. The molecular weight excluding hydrogens is 365 g/mol. The molecule has 0 aromatic heterocycles. The van der Waals surface area contributed by atoms with Gasteiger partial charge in [0.25, 0.3) is 0 Å². The second-order valence-electron chi connectivity index (χ2n) is 6.41. The van der Waals surface area contributed by atoms with Crippen molar-refractivity contribution in [1.29, 1.82) is 0 Å². The van der Waals surface area contributed by atoms with Gasteiger partial charge in [-0.3, -0.25) is 4.79 Å². The standard InChI is InChI=1S/C21H22FNO5/c1-26-13-28-17-10-9-16(23-11-3-4-12-23)19(22)18(17)20(24)14-5-7-15(8-6-14)21(25)27-2/h5-10H,3-4,11-13H2,1-2H3. The van der Waals surface area contributed by atoms with Crippen LogP contribution in [-0.4, -0.2) is 45.9 Å². The van der Waals surface area contributed by atoms with E-state index in [0.717, 1.165) is 25.9 Å². The van der Waals surface area contributed by atoms with E-state index in [1.807, 2.05) is 4.90 Å². The Kier molecular flexibility index (Phi) is 6.26. The number of carbonyl (C=O) groups is 2. The Balaban J connectivity index is 2.00. The molecule has 0 radical (unpaired) electrons. The average Bonchev–Trinajstić information content (AvgIpc) is 3.26. The topological polar surface area (TPSA) is 65.1 Å². The van der Waals surface area contributed by atoms with Gasteiger partial charge in [-0.05, 0) is 37.1 Å². The Bertz CT molecular complexity index is 860. The number of hydrogen-bond donors (Lipinski definition) is 0. The number of anilines is 1. The predicted octanol–water partition coefficient (Wildman–Crippen LogP) is 3.43. The maximum Gasteiger partial charge on any atom is 0.337 e. The normalized spacial score (nSPS) is 13.5. The SMILES string of the molecule is COCOc1ccc(N2CCCC2)c(F)c1C(=O)c1ccc(C(=O)OC)cc1. The minimum atomic E-state index is -0.613. The molecule has 28 heavy (non-hydrogen) atoms. The molecule has 0 aliphatic carbocycles. The van der Waals surface area contributed by atoms with Crippen molar-refractivity contribution in [1.82, 2.24) is 0 Å². The molecule has 1 heterocycles. The molecule has 1 aliphatic heterocycles. The summed E-state index contributed by atoms with van der Waals surface area (Å²) >= 11 is 0. The highest BCUT2D eigenvalue weighted by Gasteiger charge is 2.26. The highest BCUT2D eigenvalue weighted by atomic mass is 19.1. The van der Waals surface area contributed by atoms with Gasteiger partial charge in [0.05, 0.1) is 18.4 Å². The van der Waals surface area contributed by atoms with Crippen molar-refractivity contribution in [3.63, 3.8) is 0 Å². The lowest BCUT2D eigenvalue weighted by Gasteiger charge is -2.21. The molecule has 0 amide bonds. The number of ketones is 1. The lowest BCUT2D eigenvalue weighted by molar-refractivity contribution is 0.0500. The molecule has 2 aromatic carbocycles. The van der Waals surface area contributed by atoms with E-state index in [0.29, 0.717) is 11.3 Å². The molecule has 1 aliphatic rings. The molecule has 3 rings (SSSR count). The summed E-state index contributed by atoms with van der Waals surface area (Å²) in [6.07, 6.45) is 1.97. The van der Waals surface area contributed by atoms with Gasteiger partial charge in [-0.15, -0.1) is 0 Å². The fraction of sp³-hybridized carbons (Fsp3) is 0.333. The van der Waals surface area contributed by atoms with Crippen LogP contribution in [0.25, 0.3) is 0 Å². The van der Waals surface area contributed by atoms with Crippen LogP contribution in [0, 0.1) is 5.82 Å². The monoisotopic (exact) mass is 387 g/mol. The van der Waals surface area contributed by atoms with Gasteiger partial charge < -0.3 is 19.1 Å². The van der Waals surface area contributed by atoms with E-state index >= 15 is 4.39 Å². The number of rotatable bonds is 7. The number of carbonyl (C=O) groups excluding carboxylic acids is 2. The minimum absolute atomic E-state index is 0.107. The number of ether oxygens (including phenoxy) is 3. The maximum atomic E-state index is 15.4. The first-order valence-corrected chi connectivity index (χ1v) is 8.99. The third-order valence-corrected chi connectivity index (χ3v) is 4.66. The summed E-state index contributed by atoms with van der Waals surface area (Å²) in [5, 5.41) is 0. The van der Waals surface area contributed by atoms with E-state index in [2.05, 4.69) is 4.74 Å². The number of methoxy groups -OCH3 is 2. The van der Waals surface area contributed by atoms with Gasteiger partial charge in [-0.25, -0.2) is 9.18 Å². The Hall–Kier alpha value is -2.93. The fourth-order valence-electron chi connectivity index (χ4n) is 3.22. The molecule has 6 nitrogen and oxygen atoms in total. The molecule has 148 valence electrons. The van der Waals surface area contributed by atoms with E-state index in [9.17, 15) is 9.59 Å². The van der Waals surface area contributed by atoms with Crippen LogP contribution in [0.4, 0.5) is 10.1 Å². The summed E-state index contributed by atoms with van der Waals surface area (Å²) in [5.41, 5.74) is 0.789. The fourth-order valence-corrected chi connectivity index (χ4v) is 3.22.